The van der Waals surface area contributed by atoms with Gasteiger partial charge in [0.25, 0.3) is 0 Å². The Morgan fingerprint density at radius 3 is 2.86 bits per heavy atom. The zero-order valence-electron chi connectivity index (χ0n) is 11.8. The van der Waals surface area contributed by atoms with Crippen LogP contribution in [0.2, 0.25) is 0 Å². The first kappa shape index (κ1) is 15.4. The van der Waals surface area contributed by atoms with Gasteiger partial charge >= 0.3 is 5.97 Å². The minimum Gasteiger partial charge on any atom is -0.479 e. The Balaban J connectivity index is 2.27. The van der Waals surface area contributed by atoms with Crippen LogP contribution in [0.3, 0.4) is 0 Å². The van der Waals surface area contributed by atoms with Gasteiger partial charge in [-0.05, 0) is 24.1 Å². The van der Waals surface area contributed by atoms with Crippen molar-refractivity contribution in [2.75, 3.05) is 26.9 Å². The Morgan fingerprint density at radius 2 is 2.24 bits per heavy atom. The summed E-state index contributed by atoms with van der Waals surface area (Å²) in [5, 5.41) is 9.34. The monoisotopic (exact) mass is 294 g/mol. The fourth-order valence-corrected chi connectivity index (χ4v) is 2.42. The molecule has 7 heteroatoms. The molecule has 0 saturated carbocycles. The van der Waals surface area contributed by atoms with E-state index >= 15 is 0 Å². The van der Waals surface area contributed by atoms with Crippen molar-refractivity contribution in [3.05, 3.63) is 30.1 Å². The fourth-order valence-electron chi connectivity index (χ4n) is 2.42. The molecule has 2 unspecified atom stereocenters. The second kappa shape index (κ2) is 7.14. The maximum Gasteiger partial charge on any atom is 0.335 e. The number of rotatable bonds is 6. The summed E-state index contributed by atoms with van der Waals surface area (Å²) in [6.45, 7) is 0.712. The summed E-state index contributed by atoms with van der Waals surface area (Å²) < 4.78 is 10.2. The van der Waals surface area contributed by atoms with E-state index in [9.17, 15) is 14.7 Å². The van der Waals surface area contributed by atoms with E-state index in [1.54, 1.807) is 36.5 Å². The second-order valence-electron chi connectivity index (χ2n) is 4.73. The van der Waals surface area contributed by atoms with Crippen molar-refractivity contribution in [2.24, 2.45) is 0 Å². The number of amides is 1. The molecule has 7 nitrogen and oxygen atoms in total. The summed E-state index contributed by atoms with van der Waals surface area (Å²) in [7, 11) is 1.58. The predicted octanol–water partition coefficient (Wildman–Crippen LogP) is 0.471. The van der Waals surface area contributed by atoms with E-state index in [0.717, 1.165) is 0 Å². The van der Waals surface area contributed by atoms with Gasteiger partial charge in [-0.15, -0.1) is 0 Å². The van der Waals surface area contributed by atoms with Gasteiger partial charge in [-0.3, -0.25) is 9.78 Å². The topological polar surface area (TPSA) is 89.0 Å². The third-order valence-electron chi connectivity index (χ3n) is 3.37. The average molecular weight is 294 g/mol. The number of pyridine rings is 1. The van der Waals surface area contributed by atoms with E-state index < -0.39 is 18.1 Å². The lowest BCUT2D eigenvalue weighted by atomic mass is 9.98. The van der Waals surface area contributed by atoms with E-state index in [2.05, 4.69) is 4.98 Å². The molecule has 1 aromatic heterocycles. The number of carbonyl (C=O) groups excluding carboxylic acids is 1. The number of hydrogen-bond acceptors (Lipinski definition) is 5. The number of methoxy groups -OCH3 is 1. The van der Waals surface area contributed by atoms with Gasteiger partial charge in [-0.1, -0.05) is 0 Å². The molecule has 1 N–H and O–H groups in total. The molecule has 21 heavy (non-hydrogen) atoms. The van der Waals surface area contributed by atoms with Gasteiger partial charge in [-0.25, -0.2) is 4.79 Å². The lowest BCUT2D eigenvalue weighted by molar-refractivity contribution is -0.173. The summed E-state index contributed by atoms with van der Waals surface area (Å²) in [6.07, 6.45) is 2.70. The summed E-state index contributed by atoms with van der Waals surface area (Å²) in [5.41, 5.74) is 0.697. The van der Waals surface area contributed by atoms with E-state index in [1.165, 1.54) is 0 Å². The first-order valence-electron chi connectivity index (χ1n) is 6.68. The van der Waals surface area contributed by atoms with Crippen molar-refractivity contribution < 1.29 is 24.2 Å². The maximum absolute atomic E-state index is 12.1. The third-order valence-corrected chi connectivity index (χ3v) is 3.37. The number of ether oxygens (including phenoxy) is 2. The van der Waals surface area contributed by atoms with Gasteiger partial charge in [0.05, 0.1) is 6.04 Å². The molecule has 0 aliphatic carbocycles. The Bertz CT molecular complexity index is 493. The lowest BCUT2D eigenvalue weighted by Crippen LogP contribution is -2.52. The van der Waals surface area contributed by atoms with Crippen LogP contribution >= 0.6 is 0 Å². The molecule has 1 saturated heterocycles. The van der Waals surface area contributed by atoms with Crippen molar-refractivity contribution in [1.82, 2.24) is 9.88 Å². The van der Waals surface area contributed by atoms with E-state index in [0.29, 0.717) is 25.1 Å². The SMILES string of the molecule is COCCCN1C(=O)COC(C(=O)O)C1c1ccncc1. The average Bonchev–Trinajstić information content (AvgIpc) is 2.49. The molecule has 1 aromatic rings. The highest BCUT2D eigenvalue weighted by molar-refractivity contribution is 5.83. The van der Waals surface area contributed by atoms with Crippen molar-refractivity contribution in [1.29, 1.82) is 0 Å². The molecule has 2 heterocycles. The minimum absolute atomic E-state index is 0.217. The first-order chi connectivity index (χ1) is 10.1. The van der Waals surface area contributed by atoms with Crippen LogP contribution in [-0.4, -0.2) is 59.8 Å². The van der Waals surface area contributed by atoms with Crippen LogP contribution in [0.4, 0.5) is 0 Å². The van der Waals surface area contributed by atoms with Gasteiger partial charge in [0.1, 0.15) is 6.61 Å². The zero-order chi connectivity index (χ0) is 15.2. The molecule has 0 aromatic carbocycles. The molecule has 2 atom stereocenters. The van der Waals surface area contributed by atoms with Gasteiger partial charge < -0.3 is 19.5 Å². The van der Waals surface area contributed by atoms with Crippen LogP contribution in [0, 0.1) is 0 Å². The molecular formula is C14H18N2O5. The summed E-state index contributed by atoms with van der Waals surface area (Å²) in [6, 6.07) is 2.75. The van der Waals surface area contributed by atoms with Crippen molar-refractivity contribution >= 4 is 11.9 Å². The number of aromatic nitrogens is 1. The van der Waals surface area contributed by atoms with E-state index in [4.69, 9.17) is 9.47 Å². The van der Waals surface area contributed by atoms with Crippen LogP contribution in [0.25, 0.3) is 0 Å². The van der Waals surface area contributed by atoms with Gasteiger partial charge in [0, 0.05) is 32.7 Å². The smallest absolute Gasteiger partial charge is 0.335 e. The zero-order valence-corrected chi connectivity index (χ0v) is 11.8. The summed E-state index contributed by atoms with van der Waals surface area (Å²) in [5.74, 6) is -1.30. The molecule has 1 amide bonds. The highest BCUT2D eigenvalue weighted by Crippen LogP contribution is 2.30. The number of aliphatic carboxylic acids is 1. The van der Waals surface area contributed by atoms with Gasteiger partial charge in [0.2, 0.25) is 5.91 Å². The predicted molar refractivity (Wildman–Crippen MR) is 72.6 cm³/mol. The minimum atomic E-state index is -1.08. The molecule has 0 radical (unpaired) electrons. The van der Waals surface area contributed by atoms with Gasteiger partial charge in [0.15, 0.2) is 6.10 Å². The quantitative estimate of drug-likeness (QED) is 0.767. The number of hydrogen-bond donors (Lipinski definition) is 1. The maximum atomic E-state index is 12.1. The highest BCUT2D eigenvalue weighted by atomic mass is 16.5. The number of carboxylic acid groups (broad SMARTS) is 1. The number of carbonyl (C=O) groups is 2. The van der Waals surface area contributed by atoms with Crippen LogP contribution in [0.15, 0.2) is 24.5 Å². The van der Waals surface area contributed by atoms with Crippen LogP contribution in [0.1, 0.15) is 18.0 Å². The van der Waals surface area contributed by atoms with Crippen LogP contribution in [0.5, 0.6) is 0 Å². The number of morpholine rings is 1. The summed E-state index contributed by atoms with van der Waals surface area (Å²) in [4.78, 5) is 29.0. The molecule has 1 aliphatic heterocycles. The molecule has 1 fully saturated rings. The lowest BCUT2D eigenvalue weighted by Gasteiger charge is -2.39. The van der Waals surface area contributed by atoms with Crippen LogP contribution in [-0.2, 0) is 19.1 Å². The van der Waals surface area contributed by atoms with Crippen molar-refractivity contribution in [2.45, 2.75) is 18.6 Å². The van der Waals surface area contributed by atoms with Crippen molar-refractivity contribution in [3.8, 4) is 0 Å². The van der Waals surface area contributed by atoms with Gasteiger partial charge in [-0.2, -0.15) is 0 Å². The Labute approximate surface area is 122 Å². The third kappa shape index (κ3) is 3.56. The fraction of sp³-hybridized carbons (Fsp3) is 0.500. The molecule has 0 spiro atoms. The molecule has 0 bridgehead atoms. The Hall–Kier alpha value is -1.99. The van der Waals surface area contributed by atoms with Crippen LogP contribution < -0.4 is 0 Å². The first-order valence-corrected chi connectivity index (χ1v) is 6.68. The normalized spacial score (nSPS) is 22.3. The summed E-state index contributed by atoms with van der Waals surface area (Å²) >= 11 is 0. The Kier molecular flexibility index (Phi) is 5.24. The second-order valence-corrected chi connectivity index (χ2v) is 4.73. The number of nitrogens with zero attached hydrogens (tertiary/aromatic N) is 2. The molecular weight excluding hydrogens is 276 g/mol. The van der Waals surface area contributed by atoms with E-state index in [-0.39, 0.29) is 12.5 Å². The molecule has 114 valence electrons. The molecule has 2 rings (SSSR count). The largest absolute Gasteiger partial charge is 0.479 e. The Morgan fingerprint density at radius 1 is 1.52 bits per heavy atom. The standard InChI is InChI=1S/C14H18N2O5/c1-20-8-2-7-16-11(17)9-21-13(14(18)19)12(16)10-3-5-15-6-4-10/h3-6,12-13H,2,7-9H2,1H3,(H,18,19). The number of carboxylic acids is 1. The van der Waals surface area contributed by atoms with Crippen molar-refractivity contribution in [3.63, 3.8) is 0 Å². The molecule has 1 aliphatic rings. The highest BCUT2D eigenvalue weighted by Gasteiger charge is 2.41. The van der Waals surface area contributed by atoms with E-state index in [1.807, 2.05) is 0 Å².